The largest absolute Gasteiger partial charge is 0.310 e. The number of nitrogens with zero attached hydrogens (tertiary/aromatic N) is 1. The fraction of sp³-hybridized carbons (Fsp3) is 0.600. The molecular weight excluding hydrogens is 272 g/mol. The van der Waals surface area contributed by atoms with E-state index in [1.54, 1.807) is 25.2 Å². The average Bonchev–Trinajstić information content (AvgIpc) is 2.43. The first-order valence-electron chi connectivity index (χ1n) is 7.09. The van der Waals surface area contributed by atoms with Crippen LogP contribution < -0.4 is 5.32 Å². The summed E-state index contributed by atoms with van der Waals surface area (Å²) in [6.07, 6.45) is 0.796. The average molecular weight is 298 g/mol. The number of benzene rings is 1. The molecule has 0 saturated heterocycles. The lowest BCUT2D eigenvalue weighted by molar-refractivity contribution is 0.380. The minimum atomic E-state index is -3.41. The van der Waals surface area contributed by atoms with Gasteiger partial charge in [-0.3, -0.25) is 0 Å². The SMILES string of the molecule is CCC(C)N(C)S(=O)(=O)c1cccc(CNC(C)C)c1. The summed E-state index contributed by atoms with van der Waals surface area (Å²) in [6.45, 7) is 8.71. The first-order chi connectivity index (χ1) is 9.28. The zero-order valence-electron chi connectivity index (χ0n) is 13.1. The van der Waals surface area contributed by atoms with Crippen molar-refractivity contribution < 1.29 is 8.42 Å². The maximum absolute atomic E-state index is 12.5. The van der Waals surface area contributed by atoms with Crippen molar-refractivity contribution >= 4 is 10.0 Å². The topological polar surface area (TPSA) is 49.4 Å². The van der Waals surface area contributed by atoms with E-state index in [-0.39, 0.29) is 6.04 Å². The van der Waals surface area contributed by atoms with Crippen molar-refractivity contribution in [1.29, 1.82) is 0 Å². The Labute approximate surface area is 123 Å². The van der Waals surface area contributed by atoms with Gasteiger partial charge < -0.3 is 5.32 Å². The highest BCUT2D eigenvalue weighted by Crippen LogP contribution is 2.19. The highest BCUT2D eigenvalue weighted by molar-refractivity contribution is 7.89. The van der Waals surface area contributed by atoms with E-state index < -0.39 is 10.0 Å². The molecule has 0 radical (unpaired) electrons. The molecule has 1 unspecified atom stereocenters. The minimum Gasteiger partial charge on any atom is -0.310 e. The highest BCUT2D eigenvalue weighted by Gasteiger charge is 2.24. The van der Waals surface area contributed by atoms with Gasteiger partial charge in [0, 0.05) is 25.7 Å². The van der Waals surface area contributed by atoms with Gasteiger partial charge >= 0.3 is 0 Å². The predicted octanol–water partition coefficient (Wildman–Crippen LogP) is 2.60. The van der Waals surface area contributed by atoms with Crippen LogP contribution in [0.2, 0.25) is 0 Å². The van der Waals surface area contributed by atoms with Crippen molar-refractivity contribution in [3.63, 3.8) is 0 Å². The van der Waals surface area contributed by atoms with Gasteiger partial charge in [0.05, 0.1) is 4.90 Å². The summed E-state index contributed by atoms with van der Waals surface area (Å²) in [5, 5.41) is 3.30. The third-order valence-electron chi connectivity index (χ3n) is 3.50. The Hall–Kier alpha value is -0.910. The van der Waals surface area contributed by atoms with Crippen LogP contribution in [0.3, 0.4) is 0 Å². The Kier molecular flexibility index (Phi) is 6.17. The van der Waals surface area contributed by atoms with Crippen LogP contribution >= 0.6 is 0 Å². The molecule has 4 nitrogen and oxygen atoms in total. The minimum absolute atomic E-state index is 0.00237. The number of hydrogen-bond donors (Lipinski definition) is 1. The van der Waals surface area contributed by atoms with Crippen molar-refractivity contribution in [2.24, 2.45) is 0 Å². The lowest BCUT2D eigenvalue weighted by Gasteiger charge is -2.23. The Bertz CT molecular complexity index is 526. The maximum atomic E-state index is 12.5. The highest BCUT2D eigenvalue weighted by atomic mass is 32.2. The van der Waals surface area contributed by atoms with E-state index in [0.29, 0.717) is 17.5 Å². The fourth-order valence-electron chi connectivity index (χ4n) is 1.80. The lowest BCUT2D eigenvalue weighted by Crippen LogP contribution is -2.34. The van der Waals surface area contributed by atoms with E-state index in [1.807, 2.05) is 19.9 Å². The third kappa shape index (κ3) is 4.30. The van der Waals surface area contributed by atoms with Gasteiger partial charge in [-0.2, -0.15) is 4.31 Å². The van der Waals surface area contributed by atoms with Crippen molar-refractivity contribution in [3.8, 4) is 0 Å². The standard InChI is InChI=1S/C15H26N2O2S/c1-6-13(4)17(5)20(18,19)15-9-7-8-14(10-15)11-16-12(2)3/h7-10,12-13,16H,6,11H2,1-5H3. The molecular formula is C15H26N2O2S. The summed E-state index contributed by atoms with van der Waals surface area (Å²) in [6, 6.07) is 7.53. The third-order valence-corrected chi connectivity index (χ3v) is 5.47. The molecule has 1 atom stereocenters. The fourth-order valence-corrected chi connectivity index (χ4v) is 3.30. The molecule has 0 saturated carbocycles. The molecule has 0 aliphatic carbocycles. The van der Waals surface area contributed by atoms with Gasteiger partial charge in [-0.05, 0) is 31.0 Å². The Morgan fingerprint density at radius 3 is 2.45 bits per heavy atom. The van der Waals surface area contributed by atoms with Crippen LogP contribution in [0.4, 0.5) is 0 Å². The zero-order valence-corrected chi connectivity index (χ0v) is 13.9. The van der Waals surface area contributed by atoms with E-state index in [0.717, 1.165) is 12.0 Å². The molecule has 20 heavy (non-hydrogen) atoms. The lowest BCUT2D eigenvalue weighted by atomic mass is 10.2. The first kappa shape index (κ1) is 17.1. The second-order valence-electron chi connectivity index (χ2n) is 5.46. The number of nitrogens with one attached hydrogen (secondary N) is 1. The van der Waals surface area contributed by atoms with Crippen LogP contribution in [0.15, 0.2) is 29.2 Å². The molecule has 0 amide bonds. The van der Waals surface area contributed by atoms with Crippen LogP contribution in [0.25, 0.3) is 0 Å². The van der Waals surface area contributed by atoms with Crippen molar-refractivity contribution in [2.45, 2.75) is 57.6 Å². The van der Waals surface area contributed by atoms with Gasteiger partial charge in [0.1, 0.15) is 0 Å². The van der Waals surface area contributed by atoms with Crippen molar-refractivity contribution in [1.82, 2.24) is 9.62 Å². The van der Waals surface area contributed by atoms with E-state index in [9.17, 15) is 8.42 Å². The monoisotopic (exact) mass is 298 g/mol. The summed E-state index contributed by atoms with van der Waals surface area (Å²) in [4.78, 5) is 0.364. The molecule has 1 aromatic rings. The zero-order chi connectivity index (χ0) is 15.3. The van der Waals surface area contributed by atoms with E-state index in [4.69, 9.17) is 0 Å². The summed E-state index contributed by atoms with van der Waals surface area (Å²) < 4.78 is 26.5. The van der Waals surface area contributed by atoms with Crippen molar-refractivity contribution in [2.75, 3.05) is 7.05 Å². The summed E-state index contributed by atoms with van der Waals surface area (Å²) in [5.41, 5.74) is 0.984. The van der Waals surface area contributed by atoms with Gasteiger partial charge in [-0.1, -0.05) is 32.9 Å². The van der Waals surface area contributed by atoms with E-state index >= 15 is 0 Å². The molecule has 5 heteroatoms. The summed E-state index contributed by atoms with van der Waals surface area (Å²) >= 11 is 0. The van der Waals surface area contributed by atoms with Crippen LogP contribution in [-0.4, -0.2) is 31.9 Å². The number of sulfonamides is 1. The Morgan fingerprint density at radius 1 is 1.25 bits per heavy atom. The summed E-state index contributed by atoms with van der Waals surface area (Å²) in [7, 11) is -1.76. The van der Waals surface area contributed by atoms with Crippen LogP contribution in [0.5, 0.6) is 0 Å². The molecule has 0 heterocycles. The molecule has 1 rings (SSSR count). The molecule has 1 aromatic carbocycles. The molecule has 114 valence electrons. The first-order valence-corrected chi connectivity index (χ1v) is 8.53. The quantitative estimate of drug-likeness (QED) is 0.842. The second kappa shape index (κ2) is 7.20. The second-order valence-corrected chi connectivity index (χ2v) is 7.46. The molecule has 0 aromatic heterocycles. The van der Waals surface area contributed by atoms with Gasteiger partial charge in [-0.25, -0.2) is 8.42 Å². The van der Waals surface area contributed by atoms with Crippen molar-refractivity contribution in [3.05, 3.63) is 29.8 Å². The molecule has 0 spiro atoms. The molecule has 0 fully saturated rings. The Balaban J connectivity index is 2.98. The normalized spacial score (nSPS) is 13.9. The molecule has 0 bridgehead atoms. The van der Waals surface area contributed by atoms with E-state index in [1.165, 1.54) is 4.31 Å². The number of rotatable bonds is 7. The van der Waals surface area contributed by atoms with Gasteiger partial charge in [0.25, 0.3) is 0 Å². The van der Waals surface area contributed by atoms with Gasteiger partial charge in [-0.15, -0.1) is 0 Å². The maximum Gasteiger partial charge on any atom is 0.243 e. The molecule has 0 aliphatic rings. The smallest absolute Gasteiger partial charge is 0.243 e. The van der Waals surface area contributed by atoms with E-state index in [2.05, 4.69) is 19.2 Å². The van der Waals surface area contributed by atoms with Gasteiger partial charge in [0.15, 0.2) is 0 Å². The van der Waals surface area contributed by atoms with Gasteiger partial charge in [0.2, 0.25) is 10.0 Å². The predicted molar refractivity (Wildman–Crippen MR) is 83.1 cm³/mol. The van der Waals surface area contributed by atoms with Crippen LogP contribution in [-0.2, 0) is 16.6 Å². The Morgan fingerprint density at radius 2 is 1.90 bits per heavy atom. The number of hydrogen-bond acceptors (Lipinski definition) is 3. The molecule has 0 aliphatic heterocycles. The van der Waals surface area contributed by atoms with Crippen LogP contribution in [0, 0.1) is 0 Å². The molecule has 1 N–H and O–H groups in total. The van der Waals surface area contributed by atoms with Crippen LogP contribution in [0.1, 0.15) is 39.7 Å². The summed E-state index contributed by atoms with van der Waals surface area (Å²) in [5.74, 6) is 0.